The van der Waals surface area contributed by atoms with Crippen LogP contribution in [0.15, 0.2) is 59.1 Å². The van der Waals surface area contributed by atoms with Crippen LogP contribution in [-0.2, 0) is 4.79 Å². The predicted octanol–water partition coefficient (Wildman–Crippen LogP) is 0.745. The van der Waals surface area contributed by atoms with Gasteiger partial charge in [-0.2, -0.15) is 0 Å². The molecule has 0 radical (unpaired) electrons. The molecule has 0 aliphatic carbocycles. The van der Waals surface area contributed by atoms with Crippen molar-refractivity contribution in [3.8, 4) is 5.75 Å². The molecular weight excluding hydrogens is 264 g/mol. The van der Waals surface area contributed by atoms with Crippen molar-refractivity contribution in [1.82, 2.24) is 0 Å². The third kappa shape index (κ3) is 2.37. The molecule has 0 bridgehead atoms. The molecule has 0 aromatic heterocycles. The van der Waals surface area contributed by atoms with Gasteiger partial charge < -0.3 is 10.8 Å². The van der Waals surface area contributed by atoms with Crippen LogP contribution in [0.4, 0.5) is 0 Å². The topological polar surface area (TPSA) is 75.7 Å². The van der Waals surface area contributed by atoms with Gasteiger partial charge in [-0.05, 0) is 23.8 Å². The summed E-state index contributed by atoms with van der Waals surface area (Å²) in [4.78, 5) is 16.3. The van der Waals surface area contributed by atoms with E-state index in [9.17, 15) is 9.90 Å². The first kappa shape index (κ1) is 13.3. The predicted molar refractivity (Wildman–Crippen MR) is 80.8 cm³/mol. The number of aromatic hydroxyl groups is 1. The van der Waals surface area contributed by atoms with Crippen molar-refractivity contribution in [2.24, 2.45) is 10.7 Å². The average Bonchev–Trinajstić information content (AvgIpc) is 2.50. The molecule has 4 nitrogen and oxygen atoms in total. The number of rotatable bonds is 2. The summed E-state index contributed by atoms with van der Waals surface area (Å²) in [6.07, 6.45) is 1.64. The summed E-state index contributed by atoms with van der Waals surface area (Å²) in [5.74, 6) is -0.217. The Balaban J connectivity index is 2.27. The van der Waals surface area contributed by atoms with Gasteiger partial charge in [0.2, 0.25) is 0 Å². The number of benzene rings is 2. The van der Waals surface area contributed by atoms with Crippen LogP contribution in [0.1, 0.15) is 5.56 Å². The number of hydrogen-bond acceptors (Lipinski definition) is 3. The Morgan fingerprint density at radius 1 is 1.10 bits per heavy atom. The number of nitrogens with two attached hydrogens (primary N) is 1. The van der Waals surface area contributed by atoms with Crippen LogP contribution in [0.5, 0.6) is 5.75 Å². The Morgan fingerprint density at radius 3 is 2.57 bits per heavy atom. The summed E-state index contributed by atoms with van der Waals surface area (Å²) < 4.78 is 0. The standard InChI is InChI=1S/C17H14N2O2/c18-10-14-12-6-2-3-7-15(12)19-17(21)13(14)9-11-5-1-4-8-16(11)20/h1-9,20H,10,18H2. The number of amides is 1. The highest BCUT2D eigenvalue weighted by Crippen LogP contribution is 2.23. The van der Waals surface area contributed by atoms with Gasteiger partial charge in [0.25, 0.3) is 5.91 Å². The van der Waals surface area contributed by atoms with Gasteiger partial charge in [-0.3, -0.25) is 4.79 Å². The van der Waals surface area contributed by atoms with E-state index in [1.165, 1.54) is 0 Å². The summed E-state index contributed by atoms with van der Waals surface area (Å²) in [5.41, 5.74) is 7.57. The number of para-hydroxylation sites is 2. The highest BCUT2D eigenvalue weighted by Gasteiger charge is 2.18. The van der Waals surface area contributed by atoms with Crippen molar-refractivity contribution in [3.05, 3.63) is 70.2 Å². The minimum Gasteiger partial charge on any atom is -0.507 e. The lowest BCUT2D eigenvalue weighted by molar-refractivity contribution is -0.114. The minimum atomic E-state index is -0.336. The van der Waals surface area contributed by atoms with Gasteiger partial charge in [-0.25, -0.2) is 4.99 Å². The zero-order chi connectivity index (χ0) is 14.8. The molecule has 0 fully saturated rings. The van der Waals surface area contributed by atoms with E-state index in [4.69, 9.17) is 5.73 Å². The lowest BCUT2D eigenvalue weighted by atomic mass is 9.97. The first-order valence-electron chi connectivity index (χ1n) is 6.62. The fraction of sp³-hybridized carbons (Fsp3) is 0.0588. The van der Waals surface area contributed by atoms with Crippen molar-refractivity contribution in [3.63, 3.8) is 0 Å². The van der Waals surface area contributed by atoms with Gasteiger partial charge in [-0.15, -0.1) is 0 Å². The van der Waals surface area contributed by atoms with Crippen molar-refractivity contribution < 1.29 is 9.90 Å². The van der Waals surface area contributed by atoms with E-state index in [0.29, 0.717) is 16.5 Å². The number of fused-ring (bicyclic) bond motifs is 1. The van der Waals surface area contributed by atoms with Crippen molar-refractivity contribution in [2.75, 3.05) is 6.54 Å². The molecule has 21 heavy (non-hydrogen) atoms. The number of phenolic OH excluding ortho intramolecular Hbond substituents is 1. The molecule has 104 valence electrons. The monoisotopic (exact) mass is 278 g/mol. The average molecular weight is 278 g/mol. The minimum absolute atomic E-state index is 0.119. The highest BCUT2D eigenvalue weighted by molar-refractivity contribution is 6.11. The van der Waals surface area contributed by atoms with Crippen LogP contribution >= 0.6 is 0 Å². The molecule has 1 heterocycles. The normalized spacial score (nSPS) is 15.8. The molecule has 2 aromatic carbocycles. The fourth-order valence-electron chi connectivity index (χ4n) is 2.40. The largest absolute Gasteiger partial charge is 0.507 e. The summed E-state index contributed by atoms with van der Waals surface area (Å²) in [5, 5.41) is 11.4. The van der Waals surface area contributed by atoms with Gasteiger partial charge >= 0.3 is 0 Å². The molecule has 1 aliphatic heterocycles. The second-order valence-electron chi connectivity index (χ2n) is 4.73. The van der Waals surface area contributed by atoms with E-state index in [2.05, 4.69) is 4.99 Å². The number of hydrogen-bond donors (Lipinski definition) is 2. The van der Waals surface area contributed by atoms with E-state index < -0.39 is 0 Å². The van der Waals surface area contributed by atoms with E-state index in [1.807, 2.05) is 18.2 Å². The maximum Gasteiger partial charge on any atom is 0.277 e. The Bertz CT molecular complexity index is 866. The summed E-state index contributed by atoms with van der Waals surface area (Å²) in [6.45, 7) is 0.234. The third-order valence-electron chi connectivity index (χ3n) is 3.45. The van der Waals surface area contributed by atoms with Gasteiger partial charge in [0.1, 0.15) is 5.75 Å². The molecule has 3 rings (SSSR count). The van der Waals surface area contributed by atoms with Crippen LogP contribution in [0.2, 0.25) is 0 Å². The Morgan fingerprint density at radius 2 is 1.81 bits per heavy atom. The maximum atomic E-state index is 12.2. The van der Waals surface area contributed by atoms with E-state index >= 15 is 0 Å². The van der Waals surface area contributed by atoms with Crippen LogP contribution < -0.4 is 16.3 Å². The second kappa shape index (κ2) is 5.34. The van der Waals surface area contributed by atoms with Gasteiger partial charge in [-0.1, -0.05) is 36.4 Å². The lowest BCUT2D eigenvalue weighted by Crippen LogP contribution is -2.35. The molecule has 3 N–H and O–H groups in total. The summed E-state index contributed by atoms with van der Waals surface area (Å²) in [6, 6.07) is 14.3. The number of nitrogens with zero attached hydrogens (tertiary/aromatic N) is 1. The first-order chi connectivity index (χ1) is 10.2. The Hall–Kier alpha value is -2.72. The van der Waals surface area contributed by atoms with Crippen molar-refractivity contribution in [1.29, 1.82) is 0 Å². The Kier molecular flexibility index (Phi) is 3.38. The smallest absolute Gasteiger partial charge is 0.277 e. The zero-order valence-corrected chi connectivity index (χ0v) is 11.3. The van der Waals surface area contributed by atoms with E-state index in [0.717, 1.165) is 10.8 Å². The number of phenols is 1. The zero-order valence-electron chi connectivity index (χ0n) is 11.3. The van der Waals surface area contributed by atoms with Crippen LogP contribution in [-0.4, -0.2) is 17.6 Å². The molecule has 0 spiro atoms. The molecule has 0 saturated carbocycles. The lowest BCUT2D eigenvalue weighted by Gasteiger charge is -2.12. The molecule has 0 saturated heterocycles. The van der Waals surface area contributed by atoms with Crippen molar-refractivity contribution in [2.45, 2.75) is 0 Å². The van der Waals surface area contributed by atoms with Crippen molar-refractivity contribution >= 4 is 17.6 Å². The SMILES string of the molecule is NCC1=c2ccccc2=NC(=O)C1=Cc1ccccc1O. The number of carbonyl (C=O) groups excluding carboxylic acids is 1. The van der Waals surface area contributed by atoms with E-state index in [-0.39, 0.29) is 18.2 Å². The van der Waals surface area contributed by atoms with Gasteiger partial charge in [0, 0.05) is 22.9 Å². The highest BCUT2D eigenvalue weighted by atomic mass is 16.3. The quantitative estimate of drug-likeness (QED) is 0.796. The van der Waals surface area contributed by atoms with Gasteiger partial charge in [0.15, 0.2) is 0 Å². The van der Waals surface area contributed by atoms with E-state index in [1.54, 1.807) is 36.4 Å². The Labute approximate surface area is 121 Å². The molecule has 0 unspecified atom stereocenters. The first-order valence-corrected chi connectivity index (χ1v) is 6.62. The number of carbonyl (C=O) groups is 1. The molecular formula is C17H14N2O2. The van der Waals surface area contributed by atoms with Crippen LogP contribution in [0.25, 0.3) is 11.6 Å². The summed E-state index contributed by atoms with van der Waals surface area (Å²) >= 11 is 0. The fourth-order valence-corrected chi connectivity index (χ4v) is 2.40. The molecule has 1 aliphatic rings. The van der Waals surface area contributed by atoms with Gasteiger partial charge in [0.05, 0.1) is 5.36 Å². The molecule has 0 atom stereocenters. The molecule has 2 aromatic rings. The molecule has 1 amide bonds. The van der Waals surface area contributed by atoms with Crippen LogP contribution in [0.3, 0.4) is 0 Å². The summed E-state index contributed by atoms with van der Waals surface area (Å²) in [7, 11) is 0. The molecule has 4 heteroatoms. The second-order valence-corrected chi connectivity index (χ2v) is 4.73. The third-order valence-corrected chi connectivity index (χ3v) is 3.45. The van der Waals surface area contributed by atoms with Crippen LogP contribution in [0, 0.1) is 0 Å². The maximum absolute atomic E-state index is 12.2.